The lowest BCUT2D eigenvalue weighted by atomic mass is 10.0. The molecule has 1 aromatic carbocycles. The van der Waals surface area contributed by atoms with Crippen LogP contribution < -0.4 is 5.32 Å². The van der Waals surface area contributed by atoms with Crippen molar-refractivity contribution in [1.82, 2.24) is 10.2 Å². The van der Waals surface area contributed by atoms with Crippen LogP contribution in [-0.2, 0) is 0 Å². The summed E-state index contributed by atoms with van der Waals surface area (Å²) in [5, 5.41) is 13.7. The van der Waals surface area contributed by atoms with Crippen molar-refractivity contribution in [3.05, 3.63) is 41.4 Å². The Balaban J connectivity index is 0.00000162. The van der Waals surface area contributed by atoms with E-state index in [-0.39, 0.29) is 36.6 Å². The third-order valence-electron chi connectivity index (χ3n) is 3.10. The zero-order valence-corrected chi connectivity index (χ0v) is 12.9. The quantitative estimate of drug-likeness (QED) is 0.839. The number of para-hydroxylation sites is 1. The van der Waals surface area contributed by atoms with Gasteiger partial charge in [-0.05, 0) is 6.07 Å². The SMILES string of the molecule is C=C[C@H](c1cccc(Cl)c1O)N1CCNCC1.Cl.Cl. The second kappa shape index (κ2) is 8.67. The maximum Gasteiger partial charge on any atom is 0.139 e. The number of nitrogens with zero attached hydrogens (tertiary/aromatic N) is 1. The highest BCUT2D eigenvalue weighted by atomic mass is 35.5. The molecule has 0 unspecified atom stereocenters. The summed E-state index contributed by atoms with van der Waals surface area (Å²) in [6.45, 7) is 7.69. The minimum atomic E-state index is 0. The highest BCUT2D eigenvalue weighted by Crippen LogP contribution is 2.34. The minimum Gasteiger partial charge on any atom is -0.506 e. The number of phenolic OH excluding ortho intramolecular Hbond substituents is 1. The lowest BCUT2D eigenvalue weighted by Crippen LogP contribution is -2.44. The number of aromatic hydroxyl groups is 1. The summed E-state index contributed by atoms with van der Waals surface area (Å²) < 4.78 is 0. The van der Waals surface area contributed by atoms with E-state index in [0.29, 0.717) is 5.02 Å². The Morgan fingerprint density at radius 3 is 2.53 bits per heavy atom. The van der Waals surface area contributed by atoms with Crippen molar-refractivity contribution in [2.75, 3.05) is 26.2 Å². The Morgan fingerprint density at radius 1 is 1.32 bits per heavy atom. The van der Waals surface area contributed by atoms with Gasteiger partial charge >= 0.3 is 0 Å². The van der Waals surface area contributed by atoms with Gasteiger partial charge in [-0.1, -0.05) is 29.8 Å². The Hall–Kier alpha value is -0.450. The Bertz CT molecular complexity index is 409. The predicted molar refractivity (Wildman–Crippen MR) is 85.0 cm³/mol. The average molecular weight is 326 g/mol. The van der Waals surface area contributed by atoms with E-state index in [9.17, 15) is 5.11 Å². The molecule has 2 rings (SSSR count). The molecule has 0 radical (unpaired) electrons. The minimum absolute atomic E-state index is 0. The van der Waals surface area contributed by atoms with Gasteiger partial charge in [0.25, 0.3) is 0 Å². The van der Waals surface area contributed by atoms with Crippen LogP contribution in [-0.4, -0.2) is 36.2 Å². The molecule has 2 N–H and O–H groups in total. The van der Waals surface area contributed by atoms with Gasteiger partial charge in [0.1, 0.15) is 5.75 Å². The first-order valence-electron chi connectivity index (χ1n) is 5.78. The topological polar surface area (TPSA) is 35.5 Å². The molecule has 1 heterocycles. The molecule has 1 atom stereocenters. The summed E-state index contributed by atoms with van der Waals surface area (Å²) in [6.07, 6.45) is 1.86. The second-order valence-corrected chi connectivity index (χ2v) is 4.55. The Morgan fingerprint density at radius 2 is 1.95 bits per heavy atom. The number of hydrogen-bond acceptors (Lipinski definition) is 3. The number of rotatable bonds is 3. The van der Waals surface area contributed by atoms with Gasteiger partial charge in [0.2, 0.25) is 0 Å². The molecule has 1 aliphatic heterocycles. The number of phenols is 1. The first-order valence-corrected chi connectivity index (χ1v) is 6.16. The summed E-state index contributed by atoms with van der Waals surface area (Å²) in [5.41, 5.74) is 0.828. The third-order valence-corrected chi connectivity index (χ3v) is 3.41. The van der Waals surface area contributed by atoms with Crippen LogP contribution in [0.4, 0.5) is 0 Å². The van der Waals surface area contributed by atoms with Gasteiger partial charge in [-0.15, -0.1) is 31.4 Å². The van der Waals surface area contributed by atoms with Gasteiger partial charge in [-0.2, -0.15) is 0 Å². The fourth-order valence-electron chi connectivity index (χ4n) is 2.20. The van der Waals surface area contributed by atoms with Crippen LogP contribution in [0.5, 0.6) is 5.75 Å². The molecule has 6 heteroatoms. The van der Waals surface area contributed by atoms with Crippen LogP contribution in [0, 0.1) is 0 Å². The standard InChI is InChI=1S/C13H17ClN2O.2ClH/c1-2-12(16-8-6-15-7-9-16)10-4-3-5-11(14)13(10)17;;/h2-5,12,15,17H,1,6-9H2;2*1H/t12-;;/m1../s1. The molecule has 1 fully saturated rings. The van der Waals surface area contributed by atoms with Crippen LogP contribution in [0.2, 0.25) is 5.02 Å². The predicted octanol–water partition coefficient (Wildman–Crippen LogP) is 3.02. The van der Waals surface area contributed by atoms with Gasteiger partial charge in [0.15, 0.2) is 0 Å². The Kier molecular flexibility index (Phi) is 8.46. The van der Waals surface area contributed by atoms with E-state index in [2.05, 4.69) is 16.8 Å². The summed E-state index contributed by atoms with van der Waals surface area (Å²) >= 11 is 5.94. The molecule has 0 aromatic heterocycles. The number of benzene rings is 1. The molecule has 0 amide bonds. The zero-order valence-electron chi connectivity index (χ0n) is 10.5. The number of piperazine rings is 1. The van der Waals surface area contributed by atoms with Gasteiger partial charge < -0.3 is 10.4 Å². The van der Waals surface area contributed by atoms with Gasteiger partial charge in [-0.25, -0.2) is 0 Å². The third kappa shape index (κ3) is 4.26. The highest BCUT2D eigenvalue weighted by Gasteiger charge is 2.22. The van der Waals surface area contributed by atoms with Crippen molar-refractivity contribution in [2.45, 2.75) is 6.04 Å². The molecule has 1 aromatic rings. The van der Waals surface area contributed by atoms with Crippen molar-refractivity contribution in [3.8, 4) is 5.75 Å². The summed E-state index contributed by atoms with van der Waals surface area (Å²) in [5.74, 6) is 0.164. The molecule has 0 saturated carbocycles. The van der Waals surface area contributed by atoms with E-state index in [1.807, 2.05) is 18.2 Å². The molecular weight excluding hydrogens is 307 g/mol. The van der Waals surface area contributed by atoms with Crippen LogP contribution in [0.1, 0.15) is 11.6 Å². The normalized spacial score (nSPS) is 16.9. The van der Waals surface area contributed by atoms with Crippen molar-refractivity contribution >= 4 is 36.4 Å². The molecule has 0 aliphatic carbocycles. The van der Waals surface area contributed by atoms with E-state index in [1.165, 1.54) is 0 Å². The average Bonchev–Trinajstić information content (AvgIpc) is 2.37. The lowest BCUT2D eigenvalue weighted by molar-refractivity contribution is 0.201. The molecule has 3 nitrogen and oxygen atoms in total. The van der Waals surface area contributed by atoms with Gasteiger partial charge in [-0.3, -0.25) is 4.90 Å². The molecule has 0 bridgehead atoms. The summed E-state index contributed by atoms with van der Waals surface area (Å²) in [4.78, 5) is 2.29. The fraction of sp³-hybridized carbons (Fsp3) is 0.385. The van der Waals surface area contributed by atoms with Crippen molar-refractivity contribution in [3.63, 3.8) is 0 Å². The van der Waals surface area contributed by atoms with E-state index in [1.54, 1.807) is 6.07 Å². The fourth-order valence-corrected chi connectivity index (χ4v) is 2.39. The first kappa shape index (κ1) is 18.6. The van der Waals surface area contributed by atoms with E-state index < -0.39 is 0 Å². The number of hydrogen-bond donors (Lipinski definition) is 2. The molecule has 1 saturated heterocycles. The monoisotopic (exact) mass is 324 g/mol. The molecule has 1 aliphatic rings. The largest absolute Gasteiger partial charge is 0.506 e. The molecule has 108 valence electrons. The van der Waals surface area contributed by atoms with E-state index >= 15 is 0 Å². The molecule has 19 heavy (non-hydrogen) atoms. The van der Waals surface area contributed by atoms with Crippen LogP contribution in [0.3, 0.4) is 0 Å². The van der Waals surface area contributed by atoms with Crippen LogP contribution in [0.15, 0.2) is 30.9 Å². The van der Waals surface area contributed by atoms with Crippen molar-refractivity contribution < 1.29 is 5.11 Å². The maximum absolute atomic E-state index is 10.0. The maximum atomic E-state index is 10.0. The number of nitrogens with one attached hydrogen (secondary N) is 1. The zero-order chi connectivity index (χ0) is 12.3. The van der Waals surface area contributed by atoms with Crippen LogP contribution >= 0.6 is 36.4 Å². The van der Waals surface area contributed by atoms with Crippen molar-refractivity contribution in [1.29, 1.82) is 0 Å². The van der Waals surface area contributed by atoms with Gasteiger partial charge in [0, 0.05) is 31.7 Å². The van der Waals surface area contributed by atoms with Crippen molar-refractivity contribution in [2.24, 2.45) is 0 Å². The lowest BCUT2D eigenvalue weighted by Gasteiger charge is -2.33. The second-order valence-electron chi connectivity index (χ2n) is 4.14. The smallest absolute Gasteiger partial charge is 0.139 e. The molecular formula is C13H19Cl3N2O. The van der Waals surface area contributed by atoms with E-state index in [0.717, 1.165) is 31.7 Å². The molecule has 0 spiro atoms. The highest BCUT2D eigenvalue weighted by molar-refractivity contribution is 6.32. The first-order chi connectivity index (χ1) is 8.24. The Labute approximate surface area is 131 Å². The summed E-state index contributed by atoms with van der Waals surface area (Å²) in [7, 11) is 0. The van der Waals surface area contributed by atoms with E-state index in [4.69, 9.17) is 11.6 Å². The summed E-state index contributed by atoms with van der Waals surface area (Å²) in [6, 6.07) is 5.47. The van der Waals surface area contributed by atoms with Crippen LogP contribution in [0.25, 0.3) is 0 Å². The number of halogens is 3. The van der Waals surface area contributed by atoms with Gasteiger partial charge in [0.05, 0.1) is 11.1 Å².